The molecule has 4 aromatic rings. The number of rotatable bonds is 4. The van der Waals surface area contributed by atoms with E-state index in [0.29, 0.717) is 11.3 Å². The number of amides is 1. The molecule has 0 bridgehead atoms. The second-order valence-corrected chi connectivity index (χ2v) is 8.45. The van der Waals surface area contributed by atoms with Gasteiger partial charge in [0.1, 0.15) is 24.4 Å². The van der Waals surface area contributed by atoms with Crippen LogP contribution >= 0.6 is 0 Å². The summed E-state index contributed by atoms with van der Waals surface area (Å²) in [6.07, 6.45) is 3.97. The van der Waals surface area contributed by atoms with Crippen molar-refractivity contribution < 1.29 is 23.6 Å². The van der Waals surface area contributed by atoms with Gasteiger partial charge >= 0.3 is 0 Å². The van der Waals surface area contributed by atoms with Gasteiger partial charge in [0.2, 0.25) is 5.75 Å². The maximum Gasteiger partial charge on any atom is 0.296 e. The molecule has 5 rings (SSSR count). The highest BCUT2D eigenvalue weighted by atomic mass is 19.1. The summed E-state index contributed by atoms with van der Waals surface area (Å²) in [5, 5.41) is 26.2. The van der Waals surface area contributed by atoms with Crippen LogP contribution in [0.3, 0.4) is 0 Å². The molecule has 3 aromatic heterocycles. The molecule has 37 heavy (non-hydrogen) atoms. The average molecular weight is 502 g/mol. The first-order valence-electron chi connectivity index (χ1n) is 11.1. The number of hydrogen-bond donors (Lipinski definition) is 2. The van der Waals surface area contributed by atoms with Gasteiger partial charge in [-0.2, -0.15) is 5.26 Å². The maximum atomic E-state index is 15.0. The number of ether oxygens (including phenoxy) is 1. The number of nitrogens with zero attached hydrogens (tertiary/aromatic N) is 5. The largest absolute Gasteiger partial charge is 0.501 e. The number of carbonyl (C=O) groups excluding carboxylic acids is 1. The quantitative estimate of drug-likeness (QED) is 0.428. The Hall–Kier alpha value is -5.05. The Balaban J connectivity index is 1.71. The van der Waals surface area contributed by atoms with Crippen LogP contribution in [0.2, 0.25) is 0 Å². The minimum Gasteiger partial charge on any atom is -0.501 e. The summed E-state index contributed by atoms with van der Waals surface area (Å²) in [4.78, 5) is 34.7. The van der Waals surface area contributed by atoms with Crippen LogP contribution in [0.4, 0.5) is 10.1 Å². The third-order valence-corrected chi connectivity index (χ3v) is 6.29. The topological polar surface area (TPSA) is 156 Å². The Kier molecular flexibility index (Phi) is 5.88. The van der Waals surface area contributed by atoms with Gasteiger partial charge in [-0.25, -0.2) is 9.37 Å². The van der Waals surface area contributed by atoms with Crippen molar-refractivity contribution >= 4 is 11.6 Å². The molecule has 2 N–H and O–H groups in total. The molecule has 2 atom stereocenters. The third kappa shape index (κ3) is 3.96. The van der Waals surface area contributed by atoms with E-state index in [9.17, 15) is 24.3 Å². The summed E-state index contributed by atoms with van der Waals surface area (Å²) in [5.41, 5.74) is 0.409. The van der Waals surface area contributed by atoms with Crippen LogP contribution < -0.4 is 15.6 Å². The number of hydrogen-bond acceptors (Lipinski definition) is 9. The fraction of sp³-hybridized carbons (Fsp3) is 0.200. The van der Waals surface area contributed by atoms with E-state index in [1.807, 2.05) is 0 Å². The normalized spacial score (nSPS) is 14.9. The molecular weight excluding hydrogens is 483 g/mol. The molecule has 11 nitrogen and oxygen atoms in total. The van der Waals surface area contributed by atoms with E-state index in [1.54, 1.807) is 25.3 Å². The van der Waals surface area contributed by atoms with Gasteiger partial charge in [-0.1, -0.05) is 18.1 Å². The van der Waals surface area contributed by atoms with Crippen molar-refractivity contribution in [3.8, 4) is 17.6 Å². The first-order chi connectivity index (χ1) is 17.8. The van der Waals surface area contributed by atoms with Crippen LogP contribution in [-0.2, 0) is 13.7 Å². The lowest BCUT2D eigenvalue weighted by Gasteiger charge is -2.26. The number of halogens is 1. The molecule has 0 saturated carbocycles. The average Bonchev–Trinajstić information content (AvgIpc) is 3.34. The van der Waals surface area contributed by atoms with Gasteiger partial charge in [0.05, 0.1) is 23.5 Å². The highest BCUT2D eigenvalue weighted by molar-refractivity contribution is 6.04. The number of nitrogens with one attached hydrogen (secondary N) is 1. The predicted molar refractivity (Wildman–Crippen MR) is 126 cm³/mol. The molecule has 2 unspecified atom stereocenters. The van der Waals surface area contributed by atoms with Crippen molar-refractivity contribution in [2.45, 2.75) is 25.4 Å². The van der Waals surface area contributed by atoms with Crippen LogP contribution in [-0.4, -0.2) is 30.7 Å². The molecule has 0 saturated heterocycles. The van der Waals surface area contributed by atoms with Crippen LogP contribution in [0.1, 0.15) is 57.5 Å². The first kappa shape index (κ1) is 23.7. The minimum atomic E-state index is -0.863. The molecule has 0 aliphatic carbocycles. The van der Waals surface area contributed by atoms with Crippen LogP contribution in [0.15, 0.2) is 52.2 Å². The molecule has 0 fully saturated rings. The zero-order valence-corrected chi connectivity index (χ0v) is 19.6. The molecule has 0 spiro atoms. The first-order valence-corrected chi connectivity index (χ1v) is 11.1. The summed E-state index contributed by atoms with van der Waals surface area (Å²) >= 11 is 0. The number of aromatic hydroxyl groups is 1. The minimum absolute atomic E-state index is 0.0134. The van der Waals surface area contributed by atoms with E-state index in [-0.39, 0.29) is 35.0 Å². The molecule has 0 radical (unpaired) electrons. The lowest BCUT2D eigenvalue weighted by molar-refractivity contribution is 0.101. The smallest absolute Gasteiger partial charge is 0.296 e. The fourth-order valence-electron chi connectivity index (χ4n) is 4.53. The summed E-state index contributed by atoms with van der Waals surface area (Å²) in [6, 6.07) is 8.08. The lowest BCUT2D eigenvalue weighted by atomic mass is 9.80. The summed E-state index contributed by atoms with van der Waals surface area (Å²) in [5.74, 6) is -3.87. The number of carbonyl (C=O) groups is 1. The van der Waals surface area contributed by atoms with Gasteiger partial charge in [-0.3, -0.25) is 19.1 Å². The van der Waals surface area contributed by atoms with Gasteiger partial charge in [0.15, 0.2) is 17.3 Å². The lowest BCUT2D eigenvalue weighted by Crippen LogP contribution is -2.30. The number of nitriles is 1. The van der Waals surface area contributed by atoms with Crippen molar-refractivity contribution in [1.82, 2.24) is 19.7 Å². The second kappa shape index (κ2) is 9.19. The summed E-state index contributed by atoms with van der Waals surface area (Å²) < 4.78 is 26.5. The van der Waals surface area contributed by atoms with E-state index in [4.69, 9.17) is 4.74 Å². The van der Waals surface area contributed by atoms with Crippen molar-refractivity contribution in [3.05, 3.63) is 93.0 Å². The van der Waals surface area contributed by atoms with Gasteiger partial charge in [-0.05, 0) is 18.2 Å². The highest BCUT2D eigenvalue weighted by Gasteiger charge is 2.37. The molecule has 4 heterocycles. The zero-order chi connectivity index (χ0) is 26.3. The Morgan fingerprint density at radius 3 is 2.92 bits per heavy atom. The Labute approximate surface area is 208 Å². The van der Waals surface area contributed by atoms with Gasteiger partial charge in [-0.15, -0.1) is 0 Å². The second-order valence-electron chi connectivity index (χ2n) is 8.45. The molecule has 1 aromatic carbocycles. The fourth-order valence-corrected chi connectivity index (χ4v) is 4.53. The Morgan fingerprint density at radius 1 is 1.38 bits per heavy atom. The molecule has 1 amide bonds. The van der Waals surface area contributed by atoms with Crippen molar-refractivity contribution in [2.24, 2.45) is 7.05 Å². The van der Waals surface area contributed by atoms with E-state index in [2.05, 4.69) is 31.0 Å². The number of pyridine rings is 1. The number of fused-ring (bicyclic) bond motifs is 2. The molecule has 1 aliphatic heterocycles. The SMILES string of the molecule is CC(c1nc(C(=O)Nc2cnoc2)c(O)c(=O)n1C)C1c2ncccc2COc2c(F)ccc(C#N)c21. The monoisotopic (exact) mass is 502 g/mol. The Morgan fingerprint density at radius 2 is 2.19 bits per heavy atom. The zero-order valence-electron chi connectivity index (χ0n) is 19.6. The molecular formula is C25H19FN6O5. The number of aromatic nitrogens is 4. The third-order valence-electron chi connectivity index (χ3n) is 6.29. The number of benzene rings is 1. The van der Waals surface area contributed by atoms with E-state index in [0.717, 1.165) is 10.6 Å². The van der Waals surface area contributed by atoms with Crippen molar-refractivity contribution in [1.29, 1.82) is 5.26 Å². The molecule has 12 heteroatoms. The van der Waals surface area contributed by atoms with Crippen molar-refractivity contribution in [3.63, 3.8) is 0 Å². The van der Waals surface area contributed by atoms with Crippen molar-refractivity contribution in [2.75, 3.05) is 5.32 Å². The van der Waals surface area contributed by atoms with E-state index in [1.165, 1.54) is 25.6 Å². The maximum absolute atomic E-state index is 15.0. The van der Waals surface area contributed by atoms with Gasteiger partial charge in [0, 0.05) is 36.2 Å². The standard InChI is InChI=1S/C25H19FN6O5/c1-12(23-31-20(21(33)25(35)32(23)2)24(34)30-15-9-29-37-11-15)17-18-13(8-27)5-6-16(26)22(18)36-10-14-4-3-7-28-19(14)17/h3-7,9,11-12,17,33H,10H2,1-2H3,(H,30,34). The van der Waals surface area contributed by atoms with Gasteiger partial charge in [0.25, 0.3) is 11.5 Å². The summed E-state index contributed by atoms with van der Waals surface area (Å²) in [7, 11) is 1.40. The van der Waals surface area contributed by atoms with Crippen LogP contribution in [0.5, 0.6) is 11.5 Å². The summed E-state index contributed by atoms with van der Waals surface area (Å²) in [6.45, 7) is 1.73. The highest BCUT2D eigenvalue weighted by Crippen LogP contribution is 2.46. The molecule has 1 aliphatic rings. The number of anilines is 1. The molecule has 186 valence electrons. The predicted octanol–water partition coefficient (Wildman–Crippen LogP) is 2.96. The van der Waals surface area contributed by atoms with Crippen LogP contribution in [0.25, 0.3) is 0 Å². The Bertz CT molecular complexity index is 1630. The van der Waals surface area contributed by atoms with Gasteiger partial charge < -0.3 is 19.7 Å². The van der Waals surface area contributed by atoms with E-state index < -0.39 is 40.6 Å². The van der Waals surface area contributed by atoms with Crippen LogP contribution in [0, 0.1) is 17.1 Å². The van der Waals surface area contributed by atoms with E-state index >= 15 is 0 Å².